The van der Waals surface area contributed by atoms with Crippen LogP contribution >= 0.6 is 15.9 Å². The van der Waals surface area contributed by atoms with Gasteiger partial charge in [-0.25, -0.2) is 9.78 Å². The van der Waals surface area contributed by atoms with Crippen molar-refractivity contribution in [3.63, 3.8) is 0 Å². The number of para-hydroxylation sites is 1. The fourth-order valence-corrected chi connectivity index (χ4v) is 1.83. The van der Waals surface area contributed by atoms with Gasteiger partial charge in [0, 0.05) is 6.20 Å². The Balaban J connectivity index is 2.30. The number of nitrogens with zero attached hydrogens (tertiary/aromatic N) is 1. The summed E-state index contributed by atoms with van der Waals surface area (Å²) >= 11 is 3.38. The molecule has 0 unspecified atom stereocenters. The first-order chi connectivity index (χ1) is 9.22. The van der Waals surface area contributed by atoms with Crippen LogP contribution in [0.3, 0.4) is 0 Å². The summed E-state index contributed by atoms with van der Waals surface area (Å²) in [6.45, 7) is 2.06. The fraction of sp³-hybridized carbons (Fsp3) is 0.143. The van der Waals surface area contributed by atoms with Crippen LogP contribution < -0.4 is 4.74 Å². The highest BCUT2D eigenvalue weighted by Crippen LogP contribution is 2.29. The number of hydrogen-bond donors (Lipinski definition) is 0. The van der Waals surface area contributed by atoms with E-state index in [0.717, 1.165) is 4.47 Å². The quantitative estimate of drug-likeness (QED) is 0.803. The van der Waals surface area contributed by atoms with Crippen LogP contribution in [0, 0.1) is 0 Å². The first-order valence-electron chi connectivity index (χ1n) is 5.77. The molecule has 0 aliphatic carbocycles. The summed E-state index contributed by atoms with van der Waals surface area (Å²) in [6, 6.07) is 10.6. The Morgan fingerprint density at radius 1 is 1.26 bits per heavy atom. The average molecular weight is 322 g/mol. The van der Waals surface area contributed by atoms with Crippen molar-refractivity contribution in [2.45, 2.75) is 6.92 Å². The van der Waals surface area contributed by atoms with E-state index in [2.05, 4.69) is 20.9 Å². The Labute approximate surface area is 119 Å². The topological polar surface area (TPSA) is 48.4 Å². The molecule has 5 heteroatoms. The number of pyridine rings is 1. The van der Waals surface area contributed by atoms with Crippen molar-refractivity contribution in [1.82, 2.24) is 4.98 Å². The van der Waals surface area contributed by atoms with Gasteiger partial charge in [-0.1, -0.05) is 12.1 Å². The standard InChI is InChI=1S/C14H12BrNO3/c1-2-18-14(17)10-6-5-9-16-13(10)19-12-8-4-3-7-11(12)15/h3-9H,2H2,1H3. The minimum absolute atomic E-state index is 0.229. The molecule has 0 N–H and O–H groups in total. The molecule has 0 bridgehead atoms. The number of aromatic nitrogens is 1. The van der Waals surface area contributed by atoms with Gasteiger partial charge in [-0.2, -0.15) is 0 Å². The van der Waals surface area contributed by atoms with Crippen molar-refractivity contribution < 1.29 is 14.3 Å². The van der Waals surface area contributed by atoms with E-state index in [1.807, 2.05) is 18.2 Å². The van der Waals surface area contributed by atoms with E-state index in [9.17, 15) is 4.79 Å². The zero-order valence-corrected chi connectivity index (χ0v) is 11.9. The third kappa shape index (κ3) is 3.32. The monoisotopic (exact) mass is 321 g/mol. The highest BCUT2D eigenvalue weighted by Gasteiger charge is 2.15. The van der Waals surface area contributed by atoms with E-state index in [1.54, 1.807) is 31.3 Å². The average Bonchev–Trinajstić information content (AvgIpc) is 2.42. The van der Waals surface area contributed by atoms with Crippen LogP contribution in [0.5, 0.6) is 11.6 Å². The molecule has 0 aliphatic rings. The number of benzene rings is 1. The van der Waals surface area contributed by atoms with Crippen molar-refractivity contribution in [2.24, 2.45) is 0 Å². The Bertz CT molecular complexity index is 586. The Morgan fingerprint density at radius 2 is 2.05 bits per heavy atom. The number of carbonyl (C=O) groups is 1. The summed E-state index contributed by atoms with van der Waals surface area (Å²) in [7, 11) is 0. The summed E-state index contributed by atoms with van der Waals surface area (Å²) in [4.78, 5) is 15.9. The molecule has 1 heterocycles. The zero-order chi connectivity index (χ0) is 13.7. The van der Waals surface area contributed by atoms with Gasteiger partial charge in [0.1, 0.15) is 11.3 Å². The van der Waals surface area contributed by atoms with Crippen LogP contribution in [-0.4, -0.2) is 17.6 Å². The Kier molecular flexibility index (Phi) is 4.52. The number of carbonyl (C=O) groups excluding carboxylic acids is 1. The smallest absolute Gasteiger partial charge is 0.343 e. The van der Waals surface area contributed by atoms with Gasteiger partial charge in [0.15, 0.2) is 0 Å². The normalized spacial score (nSPS) is 10.0. The van der Waals surface area contributed by atoms with Crippen molar-refractivity contribution in [3.8, 4) is 11.6 Å². The predicted octanol–water partition coefficient (Wildman–Crippen LogP) is 3.81. The van der Waals surface area contributed by atoms with Gasteiger partial charge in [-0.15, -0.1) is 0 Å². The molecule has 1 aromatic heterocycles. The molecule has 98 valence electrons. The molecule has 0 spiro atoms. The zero-order valence-electron chi connectivity index (χ0n) is 10.3. The largest absolute Gasteiger partial charge is 0.462 e. The molecular formula is C14H12BrNO3. The van der Waals surface area contributed by atoms with E-state index in [4.69, 9.17) is 9.47 Å². The molecule has 0 radical (unpaired) electrons. The van der Waals surface area contributed by atoms with E-state index >= 15 is 0 Å². The summed E-state index contributed by atoms with van der Waals surface area (Å²) in [5.74, 6) is 0.372. The molecular weight excluding hydrogens is 310 g/mol. The first-order valence-corrected chi connectivity index (χ1v) is 6.56. The van der Waals surface area contributed by atoms with Crippen LogP contribution in [0.15, 0.2) is 47.1 Å². The minimum Gasteiger partial charge on any atom is -0.462 e. The van der Waals surface area contributed by atoms with E-state index < -0.39 is 5.97 Å². The maximum absolute atomic E-state index is 11.8. The molecule has 0 fully saturated rings. The van der Waals surface area contributed by atoms with Gasteiger partial charge in [-0.05, 0) is 47.1 Å². The van der Waals surface area contributed by atoms with Gasteiger partial charge in [0.25, 0.3) is 0 Å². The van der Waals surface area contributed by atoms with Crippen LogP contribution in [0.25, 0.3) is 0 Å². The minimum atomic E-state index is -0.447. The van der Waals surface area contributed by atoms with Crippen molar-refractivity contribution in [2.75, 3.05) is 6.61 Å². The van der Waals surface area contributed by atoms with Gasteiger partial charge in [0.2, 0.25) is 5.88 Å². The lowest BCUT2D eigenvalue weighted by molar-refractivity contribution is 0.0522. The number of hydrogen-bond acceptors (Lipinski definition) is 4. The van der Waals surface area contributed by atoms with Crippen molar-refractivity contribution in [3.05, 3.63) is 52.6 Å². The second kappa shape index (κ2) is 6.33. The molecule has 0 saturated carbocycles. The summed E-state index contributed by atoms with van der Waals surface area (Å²) in [5.41, 5.74) is 0.306. The van der Waals surface area contributed by atoms with Gasteiger partial charge >= 0.3 is 5.97 Å². The molecule has 0 atom stereocenters. The third-order valence-electron chi connectivity index (χ3n) is 2.31. The molecule has 0 amide bonds. The van der Waals surface area contributed by atoms with Crippen molar-refractivity contribution >= 4 is 21.9 Å². The predicted molar refractivity (Wildman–Crippen MR) is 74.4 cm³/mol. The molecule has 0 aliphatic heterocycles. The number of rotatable bonds is 4. The number of halogens is 1. The lowest BCUT2D eigenvalue weighted by Crippen LogP contribution is -2.07. The van der Waals surface area contributed by atoms with Crippen LogP contribution in [0.1, 0.15) is 17.3 Å². The Morgan fingerprint density at radius 3 is 2.79 bits per heavy atom. The summed E-state index contributed by atoms with van der Waals surface area (Å²) in [5, 5.41) is 0. The molecule has 0 saturated heterocycles. The van der Waals surface area contributed by atoms with Crippen molar-refractivity contribution in [1.29, 1.82) is 0 Å². The van der Waals surface area contributed by atoms with Crippen LogP contribution in [0.2, 0.25) is 0 Å². The SMILES string of the molecule is CCOC(=O)c1cccnc1Oc1ccccc1Br. The highest BCUT2D eigenvalue weighted by molar-refractivity contribution is 9.10. The summed E-state index contributed by atoms with van der Waals surface area (Å²) in [6.07, 6.45) is 1.56. The Hall–Kier alpha value is -1.88. The lowest BCUT2D eigenvalue weighted by atomic mass is 10.2. The number of esters is 1. The van der Waals surface area contributed by atoms with Gasteiger partial charge in [-0.3, -0.25) is 0 Å². The second-order valence-electron chi connectivity index (χ2n) is 3.61. The second-order valence-corrected chi connectivity index (χ2v) is 4.46. The maximum atomic E-state index is 11.8. The molecule has 4 nitrogen and oxygen atoms in total. The molecule has 19 heavy (non-hydrogen) atoms. The van der Waals surface area contributed by atoms with Gasteiger partial charge in [0.05, 0.1) is 11.1 Å². The van der Waals surface area contributed by atoms with E-state index in [0.29, 0.717) is 17.9 Å². The lowest BCUT2D eigenvalue weighted by Gasteiger charge is -2.10. The third-order valence-corrected chi connectivity index (χ3v) is 2.96. The molecule has 2 rings (SSSR count). The first kappa shape index (κ1) is 13.5. The maximum Gasteiger partial charge on any atom is 0.343 e. The van der Waals surface area contributed by atoms with E-state index in [1.165, 1.54) is 0 Å². The van der Waals surface area contributed by atoms with Gasteiger partial charge < -0.3 is 9.47 Å². The molecule has 1 aromatic carbocycles. The summed E-state index contributed by atoms with van der Waals surface area (Å²) < 4.78 is 11.4. The van der Waals surface area contributed by atoms with E-state index in [-0.39, 0.29) is 5.88 Å². The fourth-order valence-electron chi connectivity index (χ4n) is 1.47. The highest BCUT2D eigenvalue weighted by atomic mass is 79.9. The van der Waals surface area contributed by atoms with Crippen LogP contribution in [0.4, 0.5) is 0 Å². The number of ether oxygens (including phenoxy) is 2. The van der Waals surface area contributed by atoms with Crippen LogP contribution in [-0.2, 0) is 4.74 Å². The molecule has 2 aromatic rings.